The fraction of sp³-hybridized carbons (Fsp3) is 0.409. The molecule has 2 aromatic heterocycles. The Hall–Kier alpha value is -3.36. The first-order chi connectivity index (χ1) is 14.9. The van der Waals surface area contributed by atoms with Gasteiger partial charge in [0.25, 0.3) is 0 Å². The molecule has 160 valence electrons. The Balaban J connectivity index is 1.38. The van der Waals surface area contributed by atoms with Gasteiger partial charge in [0.1, 0.15) is 12.7 Å². The molecule has 2 bridgehead atoms. The second-order valence-electron chi connectivity index (χ2n) is 8.78. The number of amides is 2. The summed E-state index contributed by atoms with van der Waals surface area (Å²) in [7, 11) is 0. The van der Waals surface area contributed by atoms with Crippen molar-refractivity contribution in [2.24, 2.45) is 5.92 Å². The van der Waals surface area contributed by atoms with Crippen LogP contribution in [-0.4, -0.2) is 47.2 Å². The van der Waals surface area contributed by atoms with Gasteiger partial charge in [0.05, 0.1) is 24.5 Å². The molecular weight excluding hydrogens is 397 g/mol. The number of carbonyl (C=O) groups is 1. The summed E-state index contributed by atoms with van der Waals surface area (Å²) in [6, 6.07) is 5.73. The molecule has 0 radical (unpaired) electrons. The molecular formula is C22H24FN7O. The van der Waals surface area contributed by atoms with E-state index in [9.17, 15) is 9.18 Å². The van der Waals surface area contributed by atoms with E-state index in [4.69, 9.17) is 0 Å². The topological polar surface area (TPSA) is 88.8 Å². The number of carbonyl (C=O) groups excluding carboxylic acids is 1. The van der Waals surface area contributed by atoms with Crippen LogP contribution in [0.5, 0.6) is 0 Å². The molecule has 0 aliphatic carbocycles. The molecule has 31 heavy (non-hydrogen) atoms. The zero-order chi connectivity index (χ0) is 21.6. The van der Waals surface area contributed by atoms with E-state index in [-0.39, 0.29) is 17.6 Å². The van der Waals surface area contributed by atoms with Gasteiger partial charge in [0.15, 0.2) is 11.6 Å². The molecule has 2 amide bonds. The molecule has 0 spiro atoms. The van der Waals surface area contributed by atoms with Crippen molar-refractivity contribution < 1.29 is 9.18 Å². The normalized spacial score (nSPS) is 24.5. The van der Waals surface area contributed by atoms with Crippen molar-refractivity contribution in [2.75, 3.05) is 5.32 Å². The summed E-state index contributed by atoms with van der Waals surface area (Å²) in [6.45, 7) is 4.82. The standard InChI is InChI=1S/C22H24FN7O/c1-14-5-18-8-22(7-14,11-29-13-24-12-27-29)30(18)21(31)28-17-4-3-15(2)19(6-17)20-25-9-16(23)10-26-20/h3-4,6,9-10,12-14,18H,5,7-8,11H2,1-2H3,(H,28,31)/t14-,18-,22+/m0/s1. The van der Waals surface area contributed by atoms with Crippen LogP contribution in [0.15, 0.2) is 43.2 Å². The van der Waals surface area contributed by atoms with E-state index in [2.05, 4.69) is 32.3 Å². The van der Waals surface area contributed by atoms with Crippen molar-refractivity contribution in [2.45, 2.75) is 51.2 Å². The first kappa shape index (κ1) is 19.6. The van der Waals surface area contributed by atoms with Crippen LogP contribution in [0.4, 0.5) is 14.9 Å². The largest absolute Gasteiger partial charge is 0.322 e. The van der Waals surface area contributed by atoms with E-state index in [1.54, 1.807) is 6.33 Å². The van der Waals surface area contributed by atoms with Gasteiger partial charge in [-0.05, 0) is 49.8 Å². The summed E-state index contributed by atoms with van der Waals surface area (Å²) in [5, 5.41) is 7.30. The van der Waals surface area contributed by atoms with E-state index in [0.717, 1.165) is 42.8 Å². The molecule has 0 unspecified atom stereocenters. The zero-order valence-corrected chi connectivity index (χ0v) is 17.5. The SMILES string of the molecule is Cc1ccc(NC(=O)N2[C@H]3C[C@H](C)C[C@]2(Cn2cncn2)C3)cc1-c1ncc(F)cn1. The Morgan fingerprint density at radius 2 is 2.10 bits per heavy atom. The van der Waals surface area contributed by atoms with E-state index in [1.165, 1.54) is 6.33 Å². The lowest BCUT2D eigenvalue weighted by molar-refractivity contribution is -0.100. The number of nitrogens with zero attached hydrogens (tertiary/aromatic N) is 6. The number of nitrogens with one attached hydrogen (secondary N) is 1. The quantitative estimate of drug-likeness (QED) is 0.695. The lowest BCUT2D eigenvalue weighted by Gasteiger charge is -2.63. The maximum atomic E-state index is 13.3. The molecule has 1 aromatic carbocycles. The number of aryl methyl sites for hydroxylation is 1. The Labute approximate surface area is 179 Å². The average Bonchev–Trinajstić information content (AvgIpc) is 3.22. The number of benzene rings is 1. The predicted octanol–water partition coefficient (Wildman–Crippen LogP) is 3.66. The van der Waals surface area contributed by atoms with Crippen LogP contribution < -0.4 is 5.32 Å². The molecule has 9 heteroatoms. The first-order valence-corrected chi connectivity index (χ1v) is 10.4. The van der Waals surface area contributed by atoms with Gasteiger partial charge >= 0.3 is 6.03 Å². The number of urea groups is 1. The summed E-state index contributed by atoms with van der Waals surface area (Å²) in [4.78, 5) is 27.5. The monoisotopic (exact) mass is 421 g/mol. The highest BCUT2D eigenvalue weighted by atomic mass is 19.1. The van der Waals surface area contributed by atoms with Crippen LogP contribution in [0.3, 0.4) is 0 Å². The van der Waals surface area contributed by atoms with Crippen LogP contribution in [0.25, 0.3) is 11.4 Å². The highest BCUT2D eigenvalue weighted by molar-refractivity contribution is 5.91. The molecule has 4 heterocycles. The van der Waals surface area contributed by atoms with Crippen molar-refractivity contribution in [3.05, 3.63) is 54.6 Å². The minimum Gasteiger partial charge on any atom is -0.314 e. The molecule has 2 aliphatic heterocycles. The van der Waals surface area contributed by atoms with Gasteiger partial charge in [-0.15, -0.1) is 0 Å². The van der Waals surface area contributed by atoms with Gasteiger partial charge in [0, 0.05) is 17.3 Å². The zero-order valence-electron chi connectivity index (χ0n) is 17.5. The fourth-order valence-corrected chi connectivity index (χ4v) is 5.25. The number of rotatable bonds is 4. The number of halogens is 1. The van der Waals surface area contributed by atoms with Crippen LogP contribution >= 0.6 is 0 Å². The van der Waals surface area contributed by atoms with E-state index >= 15 is 0 Å². The molecule has 1 N–H and O–H groups in total. The Morgan fingerprint density at radius 1 is 1.29 bits per heavy atom. The second-order valence-corrected chi connectivity index (χ2v) is 8.78. The second kappa shape index (κ2) is 7.40. The van der Waals surface area contributed by atoms with Crippen LogP contribution in [-0.2, 0) is 6.54 Å². The predicted molar refractivity (Wildman–Crippen MR) is 113 cm³/mol. The van der Waals surface area contributed by atoms with Gasteiger partial charge in [0.2, 0.25) is 0 Å². The molecule has 0 saturated carbocycles. The minimum atomic E-state index is -0.484. The van der Waals surface area contributed by atoms with Crippen molar-refractivity contribution in [1.82, 2.24) is 29.6 Å². The summed E-state index contributed by atoms with van der Waals surface area (Å²) in [6.07, 6.45) is 8.44. The number of hydrogen-bond acceptors (Lipinski definition) is 5. The first-order valence-electron chi connectivity index (χ1n) is 10.4. The van der Waals surface area contributed by atoms with Gasteiger partial charge in [-0.1, -0.05) is 13.0 Å². The van der Waals surface area contributed by atoms with Gasteiger partial charge < -0.3 is 10.2 Å². The molecule has 2 saturated heterocycles. The summed E-state index contributed by atoms with van der Waals surface area (Å²) < 4.78 is 15.0. The highest BCUT2D eigenvalue weighted by Gasteiger charge is 2.58. The van der Waals surface area contributed by atoms with E-state index < -0.39 is 5.82 Å². The molecule has 2 fully saturated rings. The van der Waals surface area contributed by atoms with Crippen molar-refractivity contribution >= 4 is 11.7 Å². The van der Waals surface area contributed by atoms with E-state index in [0.29, 0.717) is 24.0 Å². The Bertz CT molecular complexity index is 1100. The van der Waals surface area contributed by atoms with E-state index in [1.807, 2.05) is 34.7 Å². The third-order valence-electron chi connectivity index (χ3n) is 6.39. The number of piperidine rings is 1. The van der Waals surface area contributed by atoms with Gasteiger partial charge in [-0.3, -0.25) is 4.68 Å². The highest BCUT2D eigenvalue weighted by Crippen LogP contribution is 2.50. The van der Waals surface area contributed by atoms with Crippen LogP contribution in [0.1, 0.15) is 31.7 Å². The number of aromatic nitrogens is 5. The Kier molecular flexibility index (Phi) is 4.68. The van der Waals surface area contributed by atoms with Gasteiger partial charge in [-0.2, -0.15) is 5.10 Å². The number of hydrogen-bond donors (Lipinski definition) is 1. The fourth-order valence-electron chi connectivity index (χ4n) is 5.25. The van der Waals surface area contributed by atoms with Gasteiger partial charge in [-0.25, -0.2) is 24.1 Å². The van der Waals surface area contributed by atoms with Crippen LogP contribution in [0, 0.1) is 18.7 Å². The maximum Gasteiger partial charge on any atom is 0.322 e. The lowest BCUT2D eigenvalue weighted by Crippen LogP contribution is -2.73. The molecule has 5 rings (SSSR count). The van der Waals surface area contributed by atoms with Crippen molar-refractivity contribution in [1.29, 1.82) is 0 Å². The number of anilines is 1. The Morgan fingerprint density at radius 3 is 2.84 bits per heavy atom. The third-order valence-corrected chi connectivity index (χ3v) is 6.39. The minimum absolute atomic E-state index is 0.113. The molecule has 3 aromatic rings. The number of fused-ring (bicyclic) bond motifs is 2. The lowest BCUT2D eigenvalue weighted by atomic mass is 9.64. The van der Waals surface area contributed by atoms with Crippen LogP contribution in [0.2, 0.25) is 0 Å². The average molecular weight is 421 g/mol. The molecule has 8 nitrogen and oxygen atoms in total. The smallest absolute Gasteiger partial charge is 0.314 e. The third kappa shape index (κ3) is 3.54. The summed E-state index contributed by atoms with van der Waals surface area (Å²) in [5.41, 5.74) is 2.12. The molecule has 3 atom stereocenters. The maximum absolute atomic E-state index is 13.3. The molecule has 2 aliphatic rings. The van der Waals surface area contributed by atoms with Crippen molar-refractivity contribution in [3.63, 3.8) is 0 Å². The van der Waals surface area contributed by atoms with Crippen molar-refractivity contribution in [3.8, 4) is 11.4 Å². The summed E-state index contributed by atoms with van der Waals surface area (Å²) in [5.74, 6) is 0.502. The summed E-state index contributed by atoms with van der Waals surface area (Å²) >= 11 is 0.